The Morgan fingerprint density at radius 3 is 2.00 bits per heavy atom. The Labute approximate surface area is 182 Å². The lowest BCUT2D eigenvalue weighted by Crippen LogP contribution is -2.29. The molecule has 5 rings (SSSR count). The SMILES string of the molecule is CCc1ccc2oc(=O)c(C3c4c(c5cc(CC)ccc5oc4=O)OC3CO)c(O)c2c1. The van der Waals surface area contributed by atoms with Gasteiger partial charge in [0.2, 0.25) is 0 Å². The van der Waals surface area contributed by atoms with Crippen LogP contribution in [-0.4, -0.2) is 22.9 Å². The first kappa shape index (κ1) is 20.3. The molecule has 164 valence electrons. The van der Waals surface area contributed by atoms with Crippen LogP contribution in [0.5, 0.6) is 11.5 Å². The number of aliphatic hydroxyl groups is 1. The molecule has 4 aromatic rings. The lowest BCUT2D eigenvalue weighted by Gasteiger charge is -2.17. The van der Waals surface area contributed by atoms with Crippen molar-refractivity contribution in [3.8, 4) is 11.5 Å². The van der Waals surface area contributed by atoms with Crippen LogP contribution >= 0.6 is 0 Å². The molecule has 0 fully saturated rings. The van der Waals surface area contributed by atoms with Crippen LogP contribution in [0.4, 0.5) is 0 Å². The Hall–Kier alpha value is -3.58. The average molecular weight is 434 g/mol. The number of fused-ring (bicyclic) bond motifs is 4. The molecule has 0 aliphatic carbocycles. The highest BCUT2D eigenvalue weighted by Gasteiger charge is 2.43. The summed E-state index contributed by atoms with van der Waals surface area (Å²) in [5, 5.41) is 22.1. The average Bonchev–Trinajstić information content (AvgIpc) is 3.19. The molecule has 2 N–H and O–H groups in total. The van der Waals surface area contributed by atoms with Gasteiger partial charge >= 0.3 is 11.3 Å². The standard InChI is InChI=1S/C25H22O7/c1-3-12-5-7-16-14(9-12)22(27)20(24(28)31-16)19-18(11-26)30-23-15-10-13(4-2)6-8-17(15)32-25(29)21(19)23/h5-10,18-19,26-27H,3-4,11H2,1-2H3. The Balaban J connectivity index is 1.82. The second-order valence-electron chi connectivity index (χ2n) is 7.97. The second kappa shape index (κ2) is 7.53. The molecule has 0 amide bonds. The van der Waals surface area contributed by atoms with Gasteiger partial charge in [-0.25, -0.2) is 9.59 Å². The lowest BCUT2D eigenvalue weighted by molar-refractivity contribution is 0.123. The third-order valence-corrected chi connectivity index (χ3v) is 6.19. The summed E-state index contributed by atoms with van der Waals surface area (Å²) in [4.78, 5) is 25.9. The van der Waals surface area contributed by atoms with Gasteiger partial charge in [-0.2, -0.15) is 0 Å². The number of hydrogen-bond donors (Lipinski definition) is 2. The van der Waals surface area contributed by atoms with Crippen molar-refractivity contribution in [2.45, 2.75) is 38.7 Å². The van der Waals surface area contributed by atoms with Gasteiger partial charge in [0, 0.05) is 0 Å². The highest BCUT2D eigenvalue weighted by molar-refractivity contribution is 5.88. The molecule has 0 bridgehead atoms. The predicted molar refractivity (Wildman–Crippen MR) is 119 cm³/mol. The maximum atomic E-state index is 13.0. The first-order valence-electron chi connectivity index (χ1n) is 10.6. The van der Waals surface area contributed by atoms with Gasteiger partial charge in [0.25, 0.3) is 0 Å². The number of ether oxygens (including phenoxy) is 1. The van der Waals surface area contributed by atoms with E-state index in [-0.39, 0.29) is 28.2 Å². The summed E-state index contributed by atoms with van der Waals surface area (Å²) >= 11 is 0. The number of hydrogen-bond acceptors (Lipinski definition) is 7. The maximum Gasteiger partial charge on any atom is 0.344 e. The van der Waals surface area contributed by atoms with Crippen LogP contribution in [-0.2, 0) is 12.8 Å². The van der Waals surface area contributed by atoms with E-state index in [2.05, 4.69) is 0 Å². The maximum absolute atomic E-state index is 13.0. The second-order valence-corrected chi connectivity index (χ2v) is 7.97. The highest BCUT2D eigenvalue weighted by atomic mass is 16.5. The van der Waals surface area contributed by atoms with Gasteiger partial charge in [0.1, 0.15) is 28.8 Å². The highest BCUT2D eigenvalue weighted by Crippen LogP contribution is 2.46. The fourth-order valence-electron chi connectivity index (χ4n) is 4.47. The summed E-state index contributed by atoms with van der Waals surface area (Å²) in [7, 11) is 0. The van der Waals surface area contributed by atoms with Crippen molar-refractivity contribution < 1.29 is 23.8 Å². The summed E-state index contributed by atoms with van der Waals surface area (Å²) in [5.41, 5.74) is 1.06. The normalized spacial score (nSPS) is 17.6. The molecule has 2 aromatic carbocycles. The smallest absolute Gasteiger partial charge is 0.344 e. The fraction of sp³-hybridized carbons (Fsp3) is 0.280. The molecular formula is C25H22O7. The summed E-state index contributed by atoms with van der Waals surface area (Å²) in [6, 6.07) is 10.6. The molecule has 0 radical (unpaired) electrons. The van der Waals surface area contributed by atoms with Gasteiger partial charge in [-0.1, -0.05) is 26.0 Å². The Morgan fingerprint density at radius 2 is 1.41 bits per heavy atom. The number of aryl methyl sites for hydroxylation is 2. The summed E-state index contributed by atoms with van der Waals surface area (Å²) in [5.74, 6) is -1.06. The number of rotatable bonds is 4. The van der Waals surface area contributed by atoms with Gasteiger partial charge in [-0.3, -0.25) is 0 Å². The lowest BCUT2D eigenvalue weighted by atomic mass is 9.88. The van der Waals surface area contributed by atoms with Crippen LogP contribution in [0.3, 0.4) is 0 Å². The summed E-state index contributed by atoms with van der Waals surface area (Å²) in [6.45, 7) is 3.51. The van der Waals surface area contributed by atoms with Crippen molar-refractivity contribution in [2.24, 2.45) is 0 Å². The molecule has 0 saturated heterocycles. The molecule has 7 heteroatoms. The van der Waals surface area contributed by atoms with E-state index in [4.69, 9.17) is 13.6 Å². The molecule has 1 aliphatic rings. The van der Waals surface area contributed by atoms with Crippen LogP contribution < -0.4 is 16.0 Å². The van der Waals surface area contributed by atoms with Gasteiger partial charge in [-0.15, -0.1) is 0 Å². The van der Waals surface area contributed by atoms with E-state index in [1.165, 1.54) is 0 Å². The van der Waals surface area contributed by atoms with Crippen molar-refractivity contribution in [1.29, 1.82) is 0 Å². The molecular weight excluding hydrogens is 412 g/mol. The van der Waals surface area contributed by atoms with E-state index >= 15 is 0 Å². The first-order chi connectivity index (χ1) is 15.5. The van der Waals surface area contributed by atoms with E-state index in [9.17, 15) is 19.8 Å². The zero-order chi connectivity index (χ0) is 22.6. The van der Waals surface area contributed by atoms with Crippen LogP contribution in [0.15, 0.2) is 54.8 Å². The zero-order valence-corrected chi connectivity index (χ0v) is 17.7. The Bertz CT molecular complexity index is 1480. The first-order valence-corrected chi connectivity index (χ1v) is 10.6. The quantitative estimate of drug-likeness (QED) is 0.472. The van der Waals surface area contributed by atoms with E-state index in [1.54, 1.807) is 18.2 Å². The largest absolute Gasteiger partial charge is 0.507 e. The fourth-order valence-corrected chi connectivity index (χ4v) is 4.47. The minimum Gasteiger partial charge on any atom is -0.507 e. The molecule has 2 unspecified atom stereocenters. The minimum absolute atomic E-state index is 0.0957. The van der Waals surface area contributed by atoms with Crippen molar-refractivity contribution in [3.05, 3.63) is 79.5 Å². The van der Waals surface area contributed by atoms with E-state index < -0.39 is 29.9 Å². The molecule has 3 heterocycles. The number of benzene rings is 2. The van der Waals surface area contributed by atoms with Gasteiger partial charge in [-0.05, 0) is 48.2 Å². The molecule has 1 aliphatic heterocycles. The predicted octanol–water partition coefficient (Wildman–Crippen LogP) is 3.62. The van der Waals surface area contributed by atoms with Crippen molar-refractivity contribution in [1.82, 2.24) is 0 Å². The van der Waals surface area contributed by atoms with E-state index in [0.29, 0.717) is 16.4 Å². The summed E-state index contributed by atoms with van der Waals surface area (Å²) in [6.07, 6.45) is 0.545. The van der Waals surface area contributed by atoms with Crippen molar-refractivity contribution >= 4 is 21.9 Å². The van der Waals surface area contributed by atoms with Crippen LogP contribution in [0, 0.1) is 0 Å². The van der Waals surface area contributed by atoms with Crippen LogP contribution in [0.1, 0.15) is 42.0 Å². The molecule has 2 aromatic heterocycles. The van der Waals surface area contributed by atoms with E-state index in [1.807, 2.05) is 32.0 Å². The van der Waals surface area contributed by atoms with Crippen molar-refractivity contribution in [2.75, 3.05) is 6.61 Å². The van der Waals surface area contributed by atoms with E-state index in [0.717, 1.165) is 24.0 Å². The third-order valence-electron chi connectivity index (χ3n) is 6.19. The molecule has 32 heavy (non-hydrogen) atoms. The number of aliphatic hydroxyl groups excluding tert-OH is 1. The molecule has 2 atom stereocenters. The summed E-state index contributed by atoms with van der Waals surface area (Å²) < 4.78 is 17.0. The molecule has 0 spiro atoms. The Kier molecular flexibility index (Phi) is 4.78. The number of aromatic hydroxyl groups is 1. The minimum atomic E-state index is -1.04. The topological polar surface area (TPSA) is 110 Å². The van der Waals surface area contributed by atoms with Gasteiger partial charge < -0.3 is 23.8 Å². The molecule has 7 nitrogen and oxygen atoms in total. The van der Waals surface area contributed by atoms with Crippen molar-refractivity contribution in [3.63, 3.8) is 0 Å². The zero-order valence-electron chi connectivity index (χ0n) is 17.7. The van der Waals surface area contributed by atoms with Crippen LogP contribution in [0.2, 0.25) is 0 Å². The van der Waals surface area contributed by atoms with Gasteiger partial charge in [0.05, 0.1) is 34.4 Å². The third kappa shape index (κ3) is 2.92. The monoisotopic (exact) mass is 434 g/mol. The van der Waals surface area contributed by atoms with Crippen LogP contribution in [0.25, 0.3) is 21.9 Å². The molecule has 0 saturated carbocycles. The Morgan fingerprint density at radius 1 is 0.844 bits per heavy atom. The van der Waals surface area contributed by atoms with Gasteiger partial charge in [0.15, 0.2) is 0 Å².